The summed E-state index contributed by atoms with van der Waals surface area (Å²) in [5.74, 6) is 0.674. The maximum Gasteiger partial charge on any atom is 0.244 e. The van der Waals surface area contributed by atoms with E-state index in [-0.39, 0.29) is 5.91 Å². The van der Waals surface area contributed by atoms with Crippen LogP contribution in [-0.4, -0.2) is 13.0 Å². The highest BCUT2D eigenvalue weighted by Crippen LogP contribution is 2.12. The van der Waals surface area contributed by atoms with Gasteiger partial charge in [0.2, 0.25) is 5.91 Å². The first-order valence-corrected chi connectivity index (χ1v) is 6.42. The Morgan fingerprint density at radius 2 is 1.95 bits per heavy atom. The predicted molar refractivity (Wildman–Crippen MR) is 80.3 cm³/mol. The number of carbonyl (C=O) groups excluding carboxylic acids is 1. The molecule has 0 unspecified atom stereocenters. The lowest BCUT2D eigenvalue weighted by molar-refractivity contribution is -0.116. The number of nitrogens with one attached hydrogen (secondary N) is 1. The molecule has 102 valence electrons. The normalized spacial score (nSPS) is 10.4. The third-order valence-corrected chi connectivity index (χ3v) is 2.83. The van der Waals surface area contributed by atoms with E-state index in [1.807, 2.05) is 54.6 Å². The number of methoxy groups -OCH3 is 1. The van der Waals surface area contributed by atoms with Crippen LogP contribution in [0.5, 0.6) is 5.75 Å². The van der Waals surface area contributed by atoms with Gasteiger partial charge in [-0.15, -0.1) is 0 Å². The van der Waals surface area contributed by atoms with Gasteiger partial charge in [-0.25, -0.2) is 0 Å². The molecule has 1 amide bonds. The smallest absolute Gasteiger partial charge is 0.244 e. The van der Waals surface area contributed by atoms with Crippen molar-refractivity contribution in [3.8, 4) is 5.75 Å². The molecule has 3 nitrogen and oxygen atoms in total. The highest BCUT2D eigenvalue weighted by atomic mass is 16.5. The Morgan fingerprint density at radius 1 is 1.15 bits per heavy atom. The van der Waals surface area contributed by atoms with Gasteiger partial charge in [0.1, 0.15) is 5.75 Å². The zero-order valence-corrected chi connectivity index (χ0v) is 11.4. The summed E-state index contributed by atoms with van der Waals surface area (Å²) < 4.78 is 5.14. The molecule has 20 heavy (non-hydrogen) atoms. The number of ether oxygens (including phenoxy) is 1. The minimum Gasteiger partial charge on any atom is -0.497 e. The van der Waals surface area contributed by atoms with Gasteiger partial charge in [0, 0.05) is 12.6 Å². The Bertz CT molecular complexity index is 591. The molecule has 0 atom stereocenters. The average Bonchev–Trinajstić information content (AvgIpc) is 2.52. The van der Waals surface area contributed by atoms with E-state index >= 15 is 0 Å². The number of amides is 1. The molecular weight excluding hydrogens is 250 g/mol. The lowest BCUT2D eigenvalue weighted by Crippen LogP contribution is -2.20. The van der Waals surface area contributed by atoms with E-state index in [1.54, 1.807) is 13.2 Å². The van der Waals surface area contributed by atoms with Gasteiger partial charge in [-0.1, -0.05) is 42.5 Å². The molecular formula is C17H17NO2. The van der Waals surface area contributed by atoms with Crippen molar-refractivity contribution in [2.24, 2.45) is 0 Å². The molecule has 0 heterocycles. The minimum absolute atomic E-state index is 0.114. The van der Waals surface area contributed by atoms with Crippen LogP contribution in [0.2, 0.25) is 0 Å². The first kappa shape index (κ1) is 13.9. The van der Waals surface area contributed by atoms with Crippen LogP contribution in [0.15, 0.2) is 60.7 Å². The topological polar surface area (TPSA) is 38.3 Å². The summed E-state index contributed by atoms with van der Waals surface area (Å²) >= 11 is 0. The first-order valence-electron chi connectivity index (χ1n) is 6.42. The number of benzene rings is 2. The van der Waals surface area contributed by atoms with Crippen LogP contribution in [0.3, 0.4) is 0 Å². The molecule has 0 radical (unpaired) electrons. The third kappa shape index (κ3) is 4.28. The number of hydrogen-bond donors (Lipinski definition) is 1. The lowest BCUT2D eigenvalue weighted by Gasteiger charge is -2.05. The van der Waals surface area contributed by atoms with E-state index in [1.165, 1.54) is 6.08 Å². The van der Waals surface area contributed by atoms with Crippen molar-refractivity contribution in [3.63, 3.8) is 0 Å². The molecule has 3 heteroatoms. The second-order valence-corrected chi connectivity index (χ2v) is 4.31. The van der Waals surface area contributed by atoms with Gasteiger partial charge in [-0.05, 0) is 29.3 Å². The monoisotopic (exact) mass is 267 g/mol. The van der Waals surface area contributed by atoms with Crippen molar-refractivity contribution < 1.29 is 9.53 Å². The molecule has 0 bridgehead atoms. The molecule has 0 saturated heterocycles. The van der Waals surface area contributed by atoms with Gasteiger partial charge in [-0.2, -0.15) is 0 Å². The molecule has 2 aromatic carbocycles. The predicted octanol–water partition coefficient (Wildman–Crippen LogP) is 3.02. The maximum absolute atomic E-state index is 11.7. The molecule has 2 rings (SSSR count). The fraction of sp³-hybridized carbons (Fsp3) is 0.118. The fourth-order valence-electron chi connectivity index (χ4n) is 1.77. The second kappa shape index (κ2) is 7.14. The molecule has 0 saturated carbocycles. The van der Waals surface area contributed by atoms with Crippen LogP contribution in [-0.2, 0) is 11.3 Å². The summed E-state index contributed by atoms with van der Waals surface area (Å²) in [6, 6.07) is 17.4. The summed E-state index contributed by atoms with van der Waals surface area (Å²) in [6.07, 6.45) is 3.33. The van der Waals surface area contributed by atoms with Gasteiger partial charge in [0.25, 0.3) is 0 Å². The molecule has 0 aliphatic heterocycles. The van der Waals surface area contributed by atoms with Crippen LogP contribution in [0.25, 0.3) is 6.08 Å². The van der Waals surface area contributed by atoms with Crippen molar-refractivity contribution in [1.82, 2.24) is 5.32 Å². The average molecular weight is 267 g/mol. The quantitative estimate of drug-likeness (QED) is 0.846. The van der Waals surface area contributed by atoms with E-state index in [2.05, 4.69) is 5.32 Å². The van der Waals surface area contributed by atoms with Crippen molar-refractivity contribution >= 4 is 12.0 Å². The first-order chi connectivity index (χ1) is 9.78. The van der Waals surface area contributed by atoms with Gasteiger partial charge in [0.05, 0.1) is 7.11 Å². The van der Waals surface area contributed by atoms with E-state index in [0.717, 1.165) is 16.9 Å². The van der Waals surface area contributed by atoms with Gasteiger partial charge >= 0.3 is 0 Å². The molecule has 0 aliphatic carbocycles. The van der Waals surface area contributed by atoms with Crippen molar-refractivity contribution in [1.29, 1.82) is 0 Å². The van der Waals surface area contributed by atoms with E-state index in [9.17, 15) is 4.79 Å². The van der Waals surface area contributed by atoms with E-state index < -0.39 is 0 Å². The highest BCUT2D eigenvalue weighted by Gasteiger charge is 1.98. The summed E-state index contributed by atoms with van der Waals surface area (Å²) in [7, 11) is 1.63. The molecule has 1 N–H and O–H groups in total. The summed E-state index contributed by atoms with van der Waals surface area (Å²) in [6.45, 7) is 0.481. The Hall–Kier alpha value is -2.55. The molecule has 0 aromatic heterocycles. The molecule has 0 spiro atoms. The van der Waals surface area contributed by atoms with Crippen LogP contribution in [0.1, 0.15) is 11.1 Å². The van der Waals surface area contributed by atoms with Crippen LogP contribution in [0.4, 0.5) is 0 Å². The molecule has 2 aromatic rings. The van der Waals surface area contributed by atoms with Crippen molar-refractivity contribution in [2.75, 3.05) is 7.11 Å². The zero-order chi connectivity index (χ0) is 14.2. The highest BCUT2D eigenvalue weighted by molar-refractivity contribution is 5.91. The van der Waals surface area contributed by atoms with Crippen molar-refractivity contribution in [3.05, 3.63) is 71.8 Å². The van der Waals surface area contributed by atoms with Gasteiger partial charge < -0.3 is 10.1 Å². The maximum atomic E-state index is 11.7. The summed E-state index contributed by atoms with van der Waals surface area (Å²) in [5, 5.41) is 2.84. The van der Waals surface area contributed by atoms with Crippen LogP contribution >= 0.6 is 0 Å². The largest absolute Gasteiger partial charge is 0.497 e. The third-order valence-electron chi connectivity index (χ3n) is 2.83. The number of carbonyl (C=O) groups is 1. The van der Waals surface area contributed by atoms with E-state index in [0.29, 0.717) is 6.54 Å². The number of rotatable bonds is 5. The van der Waals surface area contributed by atoms with Gasteiger partial charge in [-0.3, -0.25) is 4.79 Å². The minimum atomic E-state index is -0.114. The van der Waals surface area contributed by atoms with Crippen molar-refractivity contribution in [2.45, 2.75) is 6.54 Å². The second-order valence-electron chi connectivity index (χ2n) is 4.31. The molecule has 0 aliphatic rings. The SMILES string of the molecule is COc1cccc(CNC(=O)/C=C/c2ccccc2)c1. The van der Waals surface area contributed by atoms with Crippen LogP contribution in [0, 0.1) is 0 Å². The summed E-state index contributed by atoms with van der Waals surface area (Å²) in [4.78, 5) is 11.7. The summed E-state index contributed by atoms with van der Waals surface area (Å²) in [5.41, 5.74) is 2.01. The standard InChI is InChI=1S/C17H17NO2/c1-20-16-9-5-8-15(12-16)13-18-17(19)11-10-14-6-3-2-4-7-14/h2-12H,13H2,1H3,(H,18,19)/b11-10+. The van der Waals surface area contributed by atoms with E-state index in [4.69, 9.17) is 4.74 Å². The Labute approximate surface area is 118 Å². The Kier molecular flexibility index (Phi) is 4.95. The fourth-order valence-corrected chi connectivity index (χ4v) is 1.77. The molecule has 0 fully saturated rings. The lowest BCUT2D eigenvalue weighted by atomic mass is 10.2. The number of hydrogen-bond acceptors (Lipinski definition) is 2. The zero-order valence-electron chi connectivity index (χ0n) is 11.4. The Balaban J connectivity index is 1.87. The Morgan fingerprint density at radius 3 is 2.70 bits per heavy atom. The van der Waals surface area contributed by atoms with Crippen LogP contribution < -0.4 is 10.1 Å². The van der Waals surface area contributed by atoms with Gasteiger partial charge in [0.15, 0.2) is 0 Å².